The zero-order valence-electron chi connectivity index (χ0n) is 12.1. The van der Waals surface area contributed by atoms with Gasteiger partial charge in [0.2, 0.25) is 5.91 Å². The van der Waals surface area contributed by atoms with Gasteiger partial charge < -0.3 is 15.6 Å². The van der Waals surface area contributed by atoms with E-state index in [1.54, 1.807) is 11.0 Å². The highest BCUT2D eigenvalue weighted by Crippen LogP contribution is 2.31. The van der Waals surface area contributed by atoms with Crippen molar-refractivity contribution in [3.63, 3.8) is 0 Å². The highest BCUT2D eigenvalue weighted by molar-refractivity contribution is 5.98. The average Bonchev–Trinajstić information content (AvgIpc) is 2.98. The van der Waals surface area contributed by atoms with E-state index in [4.69, 9.17) is 5.73 Å². The third kappa shape index (κ3) is 2.36. The van der Waals surface area contributed by atoms with Gasteiger partial charge in [0, 0.05) is 12.7 Å². The molecule has 1 atom stereocenters. The number of nitrogens with one attached hydrogen (secondary N) is 1. The van der Waals surface area contributed by atoms with Crippen molar-refractivity contribution in [1.29, 1.82) is 0 Å². The van der Waals surface area contributed by atoms with Crippen molar-refractivity contribution in [2.75, 3.05) is 6.54 Å². The van der Waals surface area contributed by atoms with Crippen LogP contribution in [0.4, 0.5) is 4.39 Å². The van der Waals surface area contributed by atoms with Gasteiger partial charge in [-0.05, 0) is 42.7 Å². The van der Waals surface area contributed by atoms with E-state index in [0.717, 1.165) is 11.1 Å². The fourth-order valence-electron chi connectivity index (χ4n) is 2.88. The quantitative estimate of drug-likeness (QED) is 0.890. The predicted octanol–water partition coefficient (Wildman–Crippen LogP) is 2.01. The number of nitrogens with zero attached hydrogens (tertiary/aromatic N) is 1. The number of aromatic amines is 1. The van der Waals surface area contributed by atoms with E-state index in [2.05, 4.69) is 4.98 Å². The molecule has 1 aliphatic heterocycles. The summed E-state index contributed by atoms with van der Waals surface area (Å²) in [6.45, 7) is 2.41. The summed E-state index contributed by atoms with van der Waals surface area (Å²) < 4.78 is 13.5. The Bertz CT molecular complexity index is 754. The van der Waals surface area contributed by atoms with Gasteiger partial charge in [0.05, 0.1) is 11.6 Å². The van der Waals surface area contributed by atoms with Crippen LogP contribution in [-0.2, 0) is 6.42 Å². The first-order valence-electron chi connectivity index (χ1n) is 7.05. The van der Waals surface area contributed by atoms with Crippen LogP contribution in [0.3, 0.4) is 0 Å². The number of rotatable bonds is 2. The summed E-state index contributed by atoms with van der Waals surface area (Å²) >= 11 is 0. The van der Waals surface area contributed by atoms with Crippen LogP contribution >= 0.6 is 0 Å². The Morgan fingerprint density at radius 3 is 2.82 bits per heavy atom. The van der Waals surface area contributed by atoms with Crippen LogP contribution in [-0.4, -0.2) is 28.2 Å². The molecule has 0 saturated carbocycles. The fraction of sp³-hybridized carbons (Fsp3) is 0.250. The Morgan fingerprint density at radius 1 is 1.36 bits per heavy atom. The smallest absolute Gasteiger partial charge is 0.270 e. The maximum atomic E-state index is 13.5. The van der Waals surface area contributed by atoms with Gasteiger partial charge in [-0.3, -0.25) is 9.59 Å². The monoisotopic (exact) mass is 301 g/mol. The molecule has 114 valence electrons. The molecular weight excluding hydrogens is 285 g/mol. The lowest BCUT2D eigenvalue weighted by Gasteiger charge is -2.35. The number of nitrogens with two attached hydrogens (primary N) is 1. The van der Waals surface area contributed by atoms with Crippen LogP contribution in [0.5, 0.6) is 0 Å². The summed E-state index contributed by atoms with van der Waals surface area (Å²) in [5.74, 6) is -1.12. The van der Waals surface area contributed by atoms with Gasteiger partial charge in [-0.2, -0.15) is 0 Å². The molecule has 0 unspecified atom stereocenters. The molecule has 1 aromatic carbocycles. The Labute approximate surface area is 126 Å². The van der Waals surface area contributed by atoms with Crippen molar-refractivity contribution in [3.05, 3.63) is 58.7 Å². The van der Waals surface area contributed by atoms with E-state index >= 15 is 0 Å². The number of aromatic nitrogens is 1. The van der Waals surface area contributed by atoms with Gasteiger partial charge in [0.1, 0.15) is 11.5 Å². The van der Waals surface area contributed by atoms with Gasteiger partial charge in [-0.25, -0.2) is 4.39 Å². The Hall–Kier alpha value is -2.63. The van der Waals surface area contributed by atoms with Crippen molar-refractivity contribution in [2.45, 2.75) is 19.4 Å². The summed E-state index contributed by atoms with van der Waals surface area (Å²) in [6, 6.07) is 5.89. The first kappa shape index (κ1) is 14.3. The lowest BCUT2D eigenvalue weighted by atomic mass is 9.93. The number of hydrogen-bond acceptors (Lipinski definition) is 2. The summed E-state index contributed by atoms with van der Waals surface area (Å²) in [7, 11) is 0. The number of halogens is 1. The predicted molar refractivity (Wildman–Crippen MR) is 78.9 cm³/mol. The van der Waals surface area contributed by atoms with Crippen LogP contribution < -0.4 is 5.73 Å². The first-order valence-corrected chi connectivity index (χ1v) is 7.05. The van der Waals surface area contributed by atoms with Crippen molar-refractivity contribution in [2.24, 2.45) is 5.73 Å². The Morgan fingerprint density at radius 2 is 2.14 bits per heavy atom. The first-order chi connectivity index (χ1) is 10.5. The zero-order valence-corrected chi connectivity index (χ0v) is 12.1. The molecule has 1 aliphatic rings. The lowest BCUT2D eigenvalue weighted by Crippen LogP contribution is -2.39. The second kappa shape index (κ2) is 5.29. The third-order valence-corrected chi connectivity index (χ3v) is 4.11. The molecule has 3 N–H and O–H groups in total. The molecule has 2 heterocycles. The van der Waals surface area contributed by atoms with E-state index in [1.165, 1.54) is 24.4 Å². The molecular formula is C16H16FN3O2. The Balaban J connectivity index is 1.89. The maximum Gasteiger partial charge on any atom is 0.270 e. The number of primary amides is 1. The van der Waals surface area contributed by atoms with Crippen LogP contribution in [0, 0.1) is 5.82 Å². The second-order valence-corrected chi connectivity index (χ2v) is 5.43. The Kier molecular flexibility index (Phi) is 3.44. The summed E-state index contributed by atoms with van der Waals surface area (Å²) in [4.78, 5) is 28.1. The molecule has 2 aromatic rings. The summed E-state index contributed by atoms with van der Waals surface area (Å²) in [5, 5.41) is 0. The van der Waals surface area contributed by atoms with Crippen molar-refractivity contribution in [3.8, 4) is 0 Å². The number of carbonyl (C=O) groups is 2. The molecule has 1 aromatic heterocycles. The molecule has 0 aliphatic carbocycles. The number of hydrogen-bond donors (Lipinski definition) is 2. The second-order valence-electron chi connectivity index (χ2n) is 5.43. The standard InChI is InChI=1S/C16H16FN3O2/c1-9-13-7-12(17)3-2-10(13)4-5-20(9)16(22)14-6-11(8-19-14)15(18)21/h2-3,6-9,19H,4-5H2,1H3,(H2,18,21)/t9-/m1/s1. The molecule has 22 heavy (non-hydrogen) atoms. The van der Waals surface area contributed by atoms with Crippen LogP contribution in [0.2, 0.25) is 0 Å². The van der Waals surface area contributed by atoms with Gasteiger partial charge in [0.15, 0.2) is 0 Å². The fourth-order valence-corrected chi connectivity index (χ4v) is 2.88. The van der Waals surface area contributed by atoms with E-state index in [1.807, 2.05) is 6.92 Å². The molecule has 5 nitrogen and oxygen atoms in total. The maximum absolute atomic E-state index is 13.5. The van der Waals surface area contributed by atoms with Gasteiger partial charge in [-0.15, -0.1) is 0 Å². The number of amides is 2. The minimum Gasteiger partial charge on any atom is -0.366 e. The summed E-state index contributed by atoms with van der Waals surface area (Å²) in [5.41, 5.74) is 7.64. The van der Waals surface area contributed by atoms with Crippen molar-refractivity contribution < 1.29 is 14.0 Å². The lowest BCUT2D eigenvalue weighted by molar-refractivity contribution is 0.0672. The SMILES string of the molecule is C[C@@H]1c2cc(F)ccc2CCN1C(=O)c1cc(C(N)=O)c[nH]1. The molecule has 3 rings (SSSR count). The minimum atomic E-state index is -0.589. The van der Waals surface area contributed by atoms with Crippen molar-refractivity contribution >= 4 is 11.8 Å². The highest BCUT2D eigenvalue weighted by Gasteiger charge is 2.29. The van der Waals surface area contributed by atoms with E-state index < -0.39 is 5.91 Å². The normalized spacial score (nSPS) is 17.2. The van der Waals surface area contributed by atoms with Crippen LogP contribution in [0.25, 0.3) is 0 Å². The highest BCUT2D eigenvalue weighted by atomic mass is 19.1. The minimum absolute atomic E-state index is 0.227. The van der Waals surface area contributed by atoms with Gasteiger partial charge in [-0.1, -0.05) is 6.07 Å². The van der Waals surface area contributed by atoms with Gasteiger partial charge in [0.25, 0.3) is 5.91 Å². The number of H-pyrrole nitrogens is 1. The summed E-state index contributed by atoms with van der Waals surface area (Å²) in [6.07, 6.45) is 2.09. The largest absolute Gasteiger partial charge is 0.366 e. The average molecular weight is 301 g/mol. The van der Waals surface area contributed by atoms with Crippen molar-refractivity contribution in [1.82, 2.24) is 9.88 Å². The molecule has 0 bridgehead atoms. The molecule has 0 fully saturated rings. The molecule has 0 saturated heterocycles. The third-order valence-electron chi connectivity index (χ3n) is 4.11. The van der Waals surface area contributed by atoms with E-state index in [9.17, 15) is 14.0 Å². The van der Waals surface area contributed by atoms with Crippen LogP contribution in [0.1, 0.15) is 44.9 Å². The molecule has 6 heteroatoms. The number of benzene rings is 1. The van der Waals surface area contributed by atoms with E-state index in [-0.39, 0.29) is 23.3 Å². The number of fused-ring (bicyclic) bond motifs is 1. The topological polar surface area (TPSA) is 79.2 Å². The van der Waals surface area contributed by atoms with Gasteiger partial charge >= 0.3 is 0 Å². The molecule has 0 radical (unpaired) electrons. The van der Waals surface area contributed by atoms with Crippen LogP contribution in [0.15, 0.2) is 30.5 Å². The van der Waals surface area contributed by atoms with E-state index in [0.29, 0.717) is 18.7 Å². The number of carbonyl (C=O) groups excluding carboxylic acids is 2. The molecule has 2 amide bonds. The molecule has 0 spiro atoms. The zero-order chi connectivity index (χ0) is 15.9.